The molecule has 0 bridgehead atoms. The monoisotopic (exact) mass is 502 g/mol. The number of hydrogen-bond acceptors (Lipinski definition) is 6. The number of carbonyl (C=O) groups excluding carboxylic acids is 1. The van der Waals surface area contributed by atoms with Gasteiger partial charge in [0.2, 0.25) is 0 Å². The van der Waals surface area contributed by atoms with E-state index in [-0.39, 0.29) is 25.0 Å². The second-order valence-electron chi connectivity index (χ2n) is 7.98. The average Bonchev–Trinajstić information content (AvgIpc) is 3.18. The Morgan fingerprint density at radius 1 is 1.21 bits per heavy atom. The first kappa shape index (κ1) is 25.7. The highest BCUT2D eigenvalue weighted by Crippen LogP contribution is 2.29. The van der Waals surface area contributed by atoms with Crippen LogP contribution in [0.25, 0.3) is 10.6 Å². The number of thiazole rings is 1. The highest BCUT2D eigenvalue weighted by atomic mass is 35.5. The number of ether oxygens (including phenoxy) is 2. The van der Waals surface area contributed by atoms with E-state index in [1.807, 2.05) is 31.2 Å². The first-order valence-electron chi connectivity index (χ1n) is 10.7. The van der Waals surface area contributed by atoms with Gasteiger partial charge in [0.1, 0.15) is 16.5 Å². The Morgan fingerprint density at radius 2 is 1.97 bits per heavy atom. The minimum atomic E-state index is -1.02. The van der Waals surface area contributed by atoms with Crippen LogP contribution in [0.2, 0.25) is 5.02 Å². The number of halogens is 1. The lowest BCUT2D eigenvalue weighted by Gasteiger charge is -2.18. The Labute approximate surface area is 207 Å². The third kappa shape index (κ3) is 6.56. The molecule has 0 saturated heterocycles. The van der Waals surface area contributed by atoms with Crippen molar-refractivity contribution >= 4 is 34.8 Å². The Morgan fingerprint density at radius 3 is 2.62 bits per heavy atom. The fraction of sp³-hybridized carbons (Fsp3) is 0.320. The predicted octanol–water partition coefficient (Wildman–Crippen LogP) is 5.13. The summed E-state index contributed by atoms with van der Waals surface area (Å²) in [6.07, 6.45) is -0.971. The third-order valence-corrected chi connectivity index (χ3v) is 6.26. The van der Waals surface area contributed by atoms with Crippen molar-refractivity contribution in [3.8, 4) is 16.3 Å². The Balaban J connectivity index is 1.75. The molecule has 1 heterocycles. The molecule has 0 aliphatic rings. The maximum atomic E-state index is 12.9. The molecule has 1 aromatic heterocycles. The zero-order chi connectivity index (χ0) is 24.8. The maximum Gasteiger partial charge on any atom is 0.333 e. The summed E-state index contributed by atoms with van der Waals surface area (Å²) in [5.74, 6) is -0.731. The van der Waals surface area contributed by atoms with Crippen molar-refractivity contribution < 1.29 is 24.2 Å². The van der Waals surface area contributed by atoms with Crippen LogP contribution in [0.4, 0.5) is 0 Å². The van der Waals surface area contributed by atoms with Crippen molar-refractivity contribution in [2.24, 2.45) is 0 Å². The number of rotatable bonds is 10. The van der Waals surface area contributed by atoms with Crippen molar-refractivity contribution in [1.29, 1.82) is 0 Å². The van der Waals surface area contributed by atoms with E-state index in [2.05, 4.69) is 10.3 Å². The second kappa shape index (κ2) is 11.5. The zero-order valence-corrected chi connectivity index (χ0v) is 21.0. The van der Waals surface area contributed by atoms with Gasteiger partial charge in [-0.25, -0.2) is 9.78 Å². The lowest BCUT2D eigenvalue weighted by atomic mass is 10.0. The molecular weight excluding hydrogens is 476 g/mol. The van der Waals surface area contributed by atoms with Gasteiger partial charge in [0, 0.05) is 34.0 Å². The first-order chi connectivity index (χ1) is 16.2. The number of aliphatic carboxylic acids is 1. The van der Waals surface area contributed by atoms with E-state index in [1.165, 1.54) is 11.3 Å². The summed E-state index contributed by atoms with van der Waals surface area (Å²) in [5.41, 5.74) is 2.70. The summed E-state index contributed by atoms with van der Waals surface area (Å²) >= 11 is 7.51. The summed E-state index contributed by atoms with van der Waals surface area (Å²) in [4.78, 5) is 29.8. The quantitative estimate of drug-likeness (QED) is 0.399. The summed E-state index contributed by atoms with van der Waals surface area (Å²) in [6, 6.07) is 12.7. The minimum Gasteiger partial charge on any atom is -0.496 e. The summed E-state index contributed by atoms with van der Waals surface area (Å²) in [5, 5.41) is 13.7. The number of nitrogens with one attached hydrogen (secondary N) is 1. The lowest BCUT2D eigenvalue weighted by Crippen LogP contribution is -2.29. The smallest absolute Gasteiger partial charge is 0.333 e. The molecule has 0 radical (unpaired) electrons. The van der Waals surface area contributed by atoms with Crippen molar-refractivity contribution in [1.82, 2.24) is 10.3 Å². The average molecular weight is 503 g/mol. The fourth-order valence-corrected chi connectivity index (χ4v) is 4.54. The zero-order valence-electron chi connectivity index (χ0n) is 19.4. The third-order valence-electron chi connectivity index (χ3n) is 5.00. The van der Waals surface area contributed by atoms with E-state index >= 15 is 0 Å². The summed E-state index contributed by atoms with van der Waals surface area (Å²) in [7, 11) is 1.55. The molecule has 7 nitrogen and oxygen atoms in total. The van der Waals surface area contributed by atoms with Gasteiger partial charge in [-0.05, 0) is 44.5 Å². The SMILES string of the molecule is COc1ccc(CC(OC(C)C)C(=O)O)cc1CNC(=O)c1nc(-c2cccc(Cl)c2)sc1C. The van der Waals surface area contributed by atoms with Gasteiger partial charge in [0.05, 0.1) is 13.2 Å². The second-order valence-corrected chi connectivity index (χ2v) is 9.62. The van der Waals surface area contributed by atoms with Gasteiger partial charge in [-0.3, -0.25) is 4.79 Å². The Kier molecular flexibility index (Phi) is 8.66. The Hall–Kier alpha value is -2.94. The molecule has 0 fully saturated rings. The normalized spacial score (nSPS) is 11.9. The molecule has 0 aliphatic carbocycles. The topological polar surface area (TPSA) is 97.8 Å². The number of hydrogen-bond donors (Lipinski definition) is 2. The van der Waals surface area contributed by atoms with Crippen LogP contribution in [0.5, 0.6) is 5.75 Å². The molecule has 2 N–H and O–H groups in total. The van der Waals surface area contributed by atoms with Gasteiger partial charge in [-0.15, -0.1) is 11.3 Å². The fourth-order valence-electron chi connectivity index (χ4n) is 3.44. The van der Waals surface area contributed by atoms with Gasteiger partial charge < -0.3 is 19.9 Å². The number of aromatic nitrogens is 1. The van der Waals surface area contributed by atoms with Crippen LogP contribution in [-0.2, 0) is 22.5 Å². The van der Waals surface area contributed by atoms with Gasteiger partial charge in [-0.2, -0.15) is 0 Å². The van der Waals surface area contributed by atoms with E-state index in [0.29, 0.717) is 16.5 Å². The molecule has 3 aromatic rings. The highest BCUT2D eigenvalue weighted by Gasteiger charge is 2.21. The van der Waals surface area contributed by atoms with Crippen molar-refractivity contribution in [2.75, 3.05) is 7.11 Å². The van der Waals surface area contributed by atoms with E-state index in [9.17, 15) is 14.7 Å². The number of carboxylic acid groups (broad SMARTS) is 1. The van der Waals surface area contributed by atoms with Crippen LogP contribution in [-0.4, -0.2) is 41.3 Å². The van der Waals surface area contributed by atoms with Crippen LogP contribution in [0.15, 0.2) is 42.5 Å². The van der Waals surface area contributed by atoms with E-state index in [1.54, 1.807) is 39.2 Å². The molecule has 9 heteroatoms. The molecule has 1 amide bonds. The van der Waals surface area contributed by atoms with Crippen LogP contribution in [0.3, 0.4) is 0 Å². The molecule has 34 heavy (non-hydrogen) atoms. The molecule has 0 spiro atoms. The number of aryl methyl sites for hydroxylation is 1. The molecule has 0 saturated carbocycles. The molecule has 180 valence electrons. The largest absolute Gasteiger partial charge is 0.496 e. The molecule has 1 atom stereocenters. The van der Waals surface area contributed by atoms with Crippen molar-refractivity contribution in [3.63, 3.8) is 0 Å². The molecule has 1 unspecified atom stereocenters. The Bertz CT molecular complexity index is 1180. The minimum absolute atomic E-state index is 0.197. The first-order valence-corrected chi connectivity index (χ1v) is 11.9. The van der Waals surface area contributed by atoms with Crippen molar-refractivity contribution in [2.45, 2.75) is 45.9 Å². The predicted molar refractivity (Wildman–Crippen MR) is 133 cm³/mol. The highest BCUT2D eigenvalue weighted by molar-refractivity contribution is 7.15. The lowest BCUT2D eigenvalue weighted by molar-refractivity contribution is -0.153. The van der Waals surface area contributed by atoms with Gasteiger partial charge in [-0.1, -0.05) is 35.9 Å². The standard InChI is InChI=1S/C25H27ClN2O5S/c1-14(2)33-21(25(30)31)11-16-8-9-20(32-4)18(10-16)13-27-23(29)22-15(3)34-24(28-22)17-6-5-7-19(26)12-17/h5-10,12,14,21H,11,13H2,1-4H3,(H,27,29)(H,30,31). The van der Waals surface area contributed by atoms with E-state index in [4.69, 9.17) is 21.1 Å². The van der Waals surface area contributed by atoms with Gasteiger partial charge in [0.15, 0.2) is 6.10 Å². The number of methoxy groups -OCH3 is 1. The molecule has 0 aliphatic heterocycles. The molecule has 2 aromatic carbocycles. The summed E-state index contributed by atoms with van der Waals surface area (Å²) in [6.45, 7) is 5.64. The molecule has 3 rings (SSSR count). The van der Waals surface area contributed by atoms with Crippen LogP contribution in [0.1, 0.15) is 40.3 Å². The number of carboxylic acids is 1. The van der Waals surface area contributed by atoms with Gasteiger partial charge in [0.25, 0.3) is 5.91 Å². The number of amides is 1. The van der Waals surface area contributed by atoms with E-state index in [0.717, 1.165) is 26.6 Å². The number of carbonyl (C=O) groups is 2. The number of benzene rings is 2. The maximum absolute atomic E-state index is 12.9. The van der Waals surface area contributed by atoms with Crippen LogP contribution < -0.4 is 10.1 Å². The number of nitrogens with zero attached hydrogens (tertiary/aromatic N) is 1. The van der Waals surface area contributed by atoms with E-state index < -0.39 is 12.1 Å². The molecular formula is C25H27ClN2O5S. The van der Waals surface area contributed by atoms with Crippen LogP contribution >= 0.6 is 22.9 Å². The summed E-state index contributed by atoms with van der Waals surface area (Å²) < 4.78 is 10.9. The van der Waals surface area contributed by atoms with Gasteiger partial charge >= 0.3 is 5.97 Å². The van der Waals surface area contributed by atoms with Crippen molar-refractivity contribution in [3.05, 3.63) is 69.2 Å². The van der Waals surface area contributed by atoms with Crippen LogP contribution in [0, 0.1) is 6.92 Å².